The Hall–Kier alpha value is -1.69. The van der Waals surface area contributed by atoms with Crippen molar-refractivity contribution in [3.63, 3.8) is 0 Å². The molecule has 0 atom stereocenters. The van der Waals surface area contributed by atoms with E-state index in [0.717, 1.165) is 30.8 Å². The summed E-state index contributed by atoms with van der Waals surface area (Å²) >= 11 is 0. The fourth-order valence-electron chi connectivity index (χ4n) is 1.85. The first-order chi connectivity index (χ1) is 7.69. The summed E-state index contributed by atoms with van der Waals surface area (Å²) in [4.78, 5) is 2.12. The van der Waals surface area contributed by atoms with Crippen LogP contribution >= 0.6 is 0 Å². The first-order valence-corrected chi connectivity index (χ1v) is 5.46. The van der Waals surface area contributed by atoms with Gasteiger partial charge < -0.3 is 9.64 Å². The van der Waals surface area contributed by atoms with Gasteiger partial charge in [-0.3, -0.25) is 0 Å². The molecular weight excluding hydrogens is 200 g/mol. The van der Waals surface area contributed by atoms with Crippen LogP contribution in [-0.2, 0) is 0 Å². The molecule has 1 aliphatic carbocycles. The van der Waals surface area contributed by atoms with Gasteiger partial charge in [-0.05, 0) is 25.0 Å². The summed E-state index contributed by atoms with van der Waals surface area (Å²) in [6.45, 7) is 0.802. The van der Waals surface area contributed by atoms with Crippen LogP contribution in [0, 0.1) is 16.7 Å². The van der Waals surface area contributed by atoms with Crippen LogP contribution < -0.4 is 9.64 Å². The second-order valence-electron chi connectivity index (χ2n) is 4.45. The lowest BCUT2D eigenvalue weighted by Crippen LogP contribution is -2.25. The molecule has 3 nitrogen and oxygen atoms in total. The Morgan fingerprint density at radius 2 is 2.25 bits per heavy atom. The molecule has 0 radical (unpaired) electrons. The predicted molar refractivity (Wildman–Crippen MR) is 63.5 cm³/mol. The summed E-state index contributed by atoms with van der Waals surface area (Å²) in [5.41, 5.74) is 0.999. The van der Waals surface area contributed by atoms with E-state index >= 15 is 0 Å². The van der Waals surface area contributed by atoms with Gasteiger partial charge in [-0.15, -0.1) is 0 Å². The molecule has 1 saturated carbocycles. The zero-order valence-electron chi connectivity index (χ0n) is 9.73. The molecule has 3 heteroatoms. The number of hydrogen-bond acceptors (Lipinski definition) is 3. The Kier molecular flexibility index (Phi) is 2.74. The van der Waals surface area contributed by atoms with Gasteiger partial charge in [0.15, 0.2) is 0 Å². The van der Waals surface area contributed by atoms with Crippen molar-refractivity contribution in [2.75, 3.05) is 25.6 Å². The number of nitriles is 1. The van der Waals surface area contributed by atoms with Crippen molar-refractivity contribution in [3.8, 4) is 11.8 Å². The second-order valence-corrected chi connectivity index (χ2v) is 4.45. The zero-order chi connectivity index (χ0) is 11.6. The van der Waals surface area contributed by atoms with Gasteiger partial charge in [0.1, 0.15) is 5.75 Å². The number of nitrogens with zero attached hydrogens (tertiary/aromatic N) is 2. The van der Waals surface area contributed by atoms with Crippen LogP contribution in [0.15, 0.2) is 24.3 Å². The average molecular weight is 216 g/mol. The van der Waals surface area contributed by atoms with E-state index in [2.05, 4.69) is 11.0 Å². The average Bonchev–Trinajstić information content (AvgIpc) is 3.09. The predicted octanol–water partition coefficient (Wildman–Crippen LogP) is 2.44. The lowest BCUT2D eigenvalue weighted by molar-refractivity contribution is 0.415. The van der Waals surface area contributed by atoms with E-state index in [1.807, 2.05) is 31.3 Å². The fourth-order valence-corrected chi connectivity index (χ4v) is 1.85. The smallest absolute Gasteiger partial charge is 0.120 e. The normalized spacial score (nSPS) is 16.3. The molecular formula is C13H16N2O. The lowest BCUT2D eigenvalue weighted by atomic mass is 10.1. The van der Waals surface area contributed by atoms with Crippen molar-refractivity contribution >= 4 is 5.69 Å². The monoisotopic (exact) mass is 216 g/mol. The van der Waals surface area contributed by atoms with Crippen molar-refractivity contribution in [3.05, 3.63) is 24.3 Å². The molecule has 0 amide bonds. The summed E-state index contributed by atoms with van der Waals surface area (Å²) in [5.74, 6) is 0.853. The minimum atomic E-state index is -0.0994. The van der Waals surface area contributed by atoms with Crippen LogP contribution in [0.5, 0.6) is 5.75 Å². The van der Waals surface area contributed by atoms with Crippen molar-refractivity contribution in [1.82, 2.24) is 0 Å². The van der Waals surface area contributed by atoms with Gasteiger partial charge in [0.25, 0.3) is 0 Å². The van der Waals surface area contributed by atoms with E-state index in [9.17, 15) is 0 Å². The van der Waals surface area contributed by atoms with Gasteiger partial charge >= 0.3 is 0 Å². The SMILES string of the molecule is COc1cccc(N(C)CC2(C#N)CC2)c1. The molecule has 0 spiro atoms. The minimum Gasteiger partial charge on any atom is -0.497 e. The van der Waals surface area contributed by atoms with Crippen LogP contribution in [0.1, 0.15) is 12.8 Å². The maximum atomic E-state index is 9.05. The number of hydrogen-bond donors (Lipinski definition) is 0. The Bertz CT molecular complexity index is 418. The Balaban J connectivity index is 2.09. The molecule has 0 aliphatic heterocycles. The van der Waals surface area contributed by atoms with E-state index in [4.69, 9.17) is 10.00 Å². The van der Waals surface area contributed by atoms with Crippen molar-refractivity contribution < 1.29 is 4.74 Å². The van der Waals surface area contributed by atoms with Gasteiger partial charge in [-0.25, -0.2) is 0 Å². The molecule has 16 heavy (non-hydrogen) atoms. The second kappa shape index (κ2) is 4.05. The number of rotatable bonds is 4. The highest BCUT2D eigenvalue weighted by molar-refractivity contribution is 5.50. The number of anilines is 1. The topological polar surface area (TPSA) is 36.3 Å². The highest BCUT2D eigenvalue weighted by Gasteiger charge is 2.44. The molecule has 1 aliphatic rings. The van der Waals surface area contributed by atoms with Gasteiger partial charge in [0.05, 0.1) is 18.6 Å². The van der Waals surface area contributed by atoms with Crippen LogP contribution in [0.25, 0.3) is 0 Å². The van der Waals surface area contributed by atoms with Crippen LogP contribution in [-0.4, -0.2) is 20.7 Å². The Morgan fingerprint density at radius 3 is 2.81 bits per heavy atom. The third-order valence-electron chi connectivity index (χ3n) is 3.12. The Morgan fingerprint density at radius 1 is 1.50 bits per heavy atom. The fraction of sp³-hybridized carbons (Fsp3) is 0.462. The third-order valence-corrected chi connectivity index (χ3v) is 3.12. The van der Waals surface area contributed by atoms with E-state index in [0.29, 0.717) is 0 Å². The Labute approximate surface area is 96.2 Å². The lowest BCUT2D eigenvalue weighted by Gasteiger charge is -2.22. The van der Waals surface area contributed by atoms with Crippen molar-refractivity contribution in [1.29, 1.82) is 5.26 Å². The molecule has 0 N–H and O–H groups in total. The summed E-state index contributed by atoms with van der Waals surface area (Å²) in [7, 11) is 3.68. The van der Waals surface area contributed by atoms with Crippen LogP contribution in [0.2, 0.25) is 0 Å². The molecule has 0 unspecified atom stereocenters. The molecule has 1 fully saturated rings. The standard InChI is InChI=1S/C13H16N2O/c1-15(10-13(9-14)6-7-13)11-4-3-5-12(8-11)16-2/h3-5,8H,6-7,10H2,1-2H3. The van der Waals surface area contributed by atoms with Gasteiger partial charge in [0.2, 0.25) is 0 Å². The van der Waals surface area contributed by atoms with E-state index < -0.39 is 0 Å². The maximum absolute atomic E-state index is 9.05. The number of benzene rings is 1. The molecule has 1 aromatic rings. The number of ether oxygens (including phenoxy) is 1. The van der Waals surface area contributed by atoms with Gasteiger partial charge in [-0.2, -0.15) is 5.26 Å². The van der Waals surface area contributed by atoms with E-state index in [1.165, 1.54) is 0 Å². The quantitative estimate of drug-likeness (QED) is 0.775. The zero-order valence-corrected chi connectivity index (χ0v) is 9.73. The highest BCUT2D eigenvalue weighted by atomic mass is 16.5. The van der Waals surface area contributed by atoms with Crippen molar-refractivity contribution in [2.24, 2.45) is 5.41 Å². The van der Waals surface area contributed by atoms with Crippen LogP contribution in [0.3, 0.4) is 0 Å². The maximum Gasteiger partial charge on any atom is 0.120 e. The van der Waals surface area contributed by atoms with E-state index in [-0.39, 0.29) is 5.41 Å². The first-order valence-electron chi connectivity index (χ1n) is 5.46. The molecule has 1 aromatic carbocycles. The van der Waals surface area contributed by atoms with Crippen molar-refractivity contribution in [2.45, 2.75) is 12.8 Å². The summed E-state index contributed by atoms with van der Waals surface area (Å²) in [5, 5.41) is 9.05. The first kappa shape index (κ1) is 10.8. The molecule has 0 aromatic heterocycles. The van der Waals surface area contributed by atoms with Gasteiger partial charge in [-0.1, -0.05) is 6.07 Å². The third kappa shape index (κ3) is 2.11. The molecule has 0 bridgehead atoms. The number of methoxy groups -OCH3 is 1. The van der Waals surface area contributed by atoms with E-state index in [1.54, 1.807) is 7.11 Å². The minimum absolute atomic E-state index is 0.0994. The summed E-state index contributed by atoms with van der Waals surface area (Å²) in [6, 6.07) is 10.3. The largest absolute Gasteiger partial charge is 0.497 e. The van der Waals surface area contributed by atoms with Crippen LogP contribution in [0.4, 0.5) is 5.69 Å². The molecule has 0 saturated heterocycles. The molecule has 2 rings (SSSR count). The summed E-state index contributed by atoms with van der Waals surface area (Å²) in [6.07, 6.45) is 2.05. The highest BCUT2D eigenvalue weighted by Crippen LogP contribution is 2.45. The van der Waals surface area contributed by atoms with Gasteiger partial charge in [0, 0.05) is 25.3 Å². The summed E-state index contributed by atoms with van der Waals surface area (Å²) < 4.78 is 5.19. The molecule has 0 heterocycles. The molecule has 84 valence electrons.